The van der Waals surface area contributed by atoms with Crippen molar-refractivity contribution >= 4 is 29.1 Å². The first kappa shape index (κ1) is 17.9. The molecule has 2 aromatic rings. The summed E-state index contributed by atoms with van der Waals surface area (Å²) in [6.45, 7) is -0.0470. The first-order valence-electron chi connectivity index (χ1n) is 7.98. The lowest BCUT2D eigenvalue weighted by molar-refractivity contribution is -0.136. The van der Waals surface area contributed by atoms with Crippen LogP contribution in [-0.2, 0) is 22.4 Å². The summed E-state index contributed by atoms with van der Waals surface area (Å²) in [4.78, 5) is 24.1. The maximum Gasteiger partial charge on any atom is 0.313 e. The van der Waals surface area contributed by atoms with Gasteiger partial charge in [0, 0.05) is 24.4 Å². The monoisotopic (exact) mass is 369 g/mol. The zero-order valence-corrected chi connectivity index (χ0v) is 14.5. The Morgan fingerprint density at radius 1 is 1.15 bits per heavy atom. The van der Waals surface area contributed by atoms with Crippen LogP contribution in [0.3, 0.4) is 0 Å². The number of hydrogen-bond donors (Lipinski definition) is 3. The van der Waals surface area contributed by atoms with E-state index in [1.165, 1.54) is 18.2 Å². The van der Waals surface area contributed by atoms with Gasteiger partial charge in [-0.25, -0.2) is 0 Å². The fourth-order valence-electron chi connectivity index (χ4n) is 3.02. The van der Waals surface area contributed by atoms with Crippen LogP contribution >= 0.6 is 11.6 Å². The smallest absolute Gasteiger partial charge is 0.313 e. The van der Waals surface area contributed by atoms with E-state index in [-0.39, 0.29) is 17.8 Å². The van der Waals surface area contributed by atoms with Crippen LogP contribution in [-0.4, -0.2) is 29.1 Å². The Morgan fingerprint density at radius 2 is 1.81 bits per heavy atom. The third-order valence-electron chi connectivity index (χ3n) is 4.29. The van der Waals surface area contributed by atoms with Gasteiger partial charge in [0.1, 0.15) is 6.07 Å². The third kappa shape index (κ3) is 3.85. The molecule has 0 saturated carbocycles. The predicted molar refractivity (Wildman–Crippen MR) is 96.6 cm³/mol. The summed E-state index contributed by atoms with van der Waals surface area (Å²) in [7, 11) is 0. The Labute approximate surface area is 155 Å². The Bertz CT molecular complexity index is 895. The van der Waals surface area contributed by atoms with E-state index in [1.807, 2.05) is 30.3 Å². The van der Waals surface area contributed by atoms with Crippen molar-refractivity contribution in [2.24, 2.45) is 0 Å². The molecule has 0 fully saturated rings. The second-order valence-electron chi connectivity index (χ2n) is 6.29. The van der Waals surface area contributed by atoms with E-state index in [0.717, 1.165) is 11.1 Å². The third-order valence-corrected chi connectivity index (χ3v) is 4.53. The van der Waals surface area contributed by atoms with Gasteiger partial charge in [-0.3, -0.25) is 9.59 Å². The molecule has 132 valence electrons. The molecule has 0 atom stereocenters. The largest absolute Gasteiger partial charge is 0.387 e. The van der Waals surface area contributed by atoms with E-state index in [9.17, 15) is 14.7 Å². The van der Waals surface area contributed by atoms with E-state index in [2.05, 4.69) is 10.6 Å². The number of anilines is 1. The lowest BCUT2D eigenvalue weighted by Gasteiger charge is -2.22. The summed E-state index contributed by atoms with van der Waals surface area (Å²) in [5.41, 5.74) is 1.30. The minimum Gasteiger partial charge on any atom is -0.387 e. The Kier molecular flexibility index (Phi) is 4.94. The number of fused-ring (bicyclic) bond motifs is 1. The maximum absolute atomic E-state index is 12.1. The van der Waals surface area contributed by atoms with Crippen molar-refractivity contribution in [1.82, 2.24) is 5.32 Å². The van der Waals surface area contributed by atoms with Gasteiger partial charge in [-0.15, -0.1) is 0 Å². The summed E-state index contributed by atoms with van der Waals surface area (Å²) in [6, 6.07) is 13.9. The molecule has 2 aromatic carbocycles. The Balaban J connectivity index is 1.60. The van der Waals surface area contributed by atoms with E-state index in [0.29, 0.717) is 17.9 Å². The number of amides is 2. The van der Waals surface area contributed by atoms with Gasteiger partial charge in [-0.05, 0) is 29.3 Å². The highest BCUT2D eigenvalue weighted by atomic mass is 35.5. The number of rotatable bonds is 3. The molecule has 2 amide bonds. The number of benzene rings is 2. The normalized spacial score (nSPS) is 14.2. The highest BCUT2D eigenvalue weighted by Crippen LogP contribution is 2.29. The van der Waals surface area contributed by atoms with Crippen molar-refractivity contribution in [2.45, 2.75) is 18.4 Å². The average Bonchev–Trinajstić information content (AvgIpc) is 2.96. The summed E-state index contributed by atoms with van der Waals surface area (Å²) >= 11 is 5.85. The minimum absolute atomic E-state index is 0.0470. The van der Waals surface area contributed by atoms with E-state index in [4.69, 9.17) is 16.9 Å². The molecular weight excluding hydrogens is 354 g/mol. The zero-order valence-electron chi connectivity index (χ0n) is 13.8. The van der Waals surface area contributed by atoms with Crippen LogP contribution < -0.4 is 10.6 Å². The zero-order chi connectivity index (χ0) is 18.7. The van der Waals surface area contributed by atoms with Crippen molar-refractivity contribution < 1.29 is 14.7 Å². The fraction of sp³-hybridized carbons (Fsp3) is 0.211. The molecule has 3 N–H and O–H groups in total. The van der Waals surface area contributed by atoms with Gasteiger partial charge in [-0.2, -0.15) is 5.26 Å². The highest BCUT2D eigenvalue weighted by Gasteiger charge is 2.35. The highest BCUT2D eigenvalue weighted by molar-refractivity contribution is 6.40. The van der Waals surface area contributed by atoms with Gasteiger partial charge in [0.25, 0.3) is 0 Å². The van der Waals surface area contributed by atoms with Crippen molar-refractivity contribution in [3.05, 3.63) is 64.2 Å². The number of nitrogens with one attached hydrogen (secondary N) is 2. The summed E-state index contributed by atoms with van der Waals surface area (Å²) in [6.07, 6.45) is 0.829. The average molecular weight is 370 g/mol. The second-order valence-corrected chi connectivity index (χ2v) is 6.72. The molecule has 6 nitrogen and oxygen atoms in total. The molecule has 3 rings (SSSR count). The molecule has 26 heavy (non-hydrogen) atoms. The molecule has 0 unspecified atom stereocenters. The SMILES string of the molecule is N#Cc1ccc(Cl)cc1NC(=O)C(=O)NCC1(O)Cc2ccccc2C1. The Hall–Kier alpha value is -2.88. The molecule has 0 spiro atoms. The number of hydrogen-bond acceptors (Lipinski definition) is 4. The minimum atomic E-state index is -1.12. The number of carbonyl (C=O) groups is 2. The van der Waals surface area contributed by atoms with Crippen LogP contribution in [0.2, 0.25) is 5.02 Å². The van der Waals surface area contributed by atoms with Gasteiger partial charge < -0.3 is 15.7 Å². The molecule has 7 heteroatoms. The van der Waals surface area contributed by atoms with Crippen molar-refractivity contribution in [2.75, 3.05) is 11.9 Å². The van der Waals surface area contributed by atoms with Crippen molar-refractivity contribution in [3.8, 4) is 6.07 Å². The predicted octanol–water partition coefficient (Wildman–Crippen LogP) is 1.80. The molecule has 0 heterocycles. The molecular formula is C19H16ClN3O3. The van der Waals surface area contributed by atoms with E-state index in [1.54, 1.807) is 0 Å². The summed E-state index contributed by atoms with van der Waals surface area (Å²) in [5.74, 6) is -1.82. The number of nitriles is 1. The number of aliphatic hydroxyl groups is 1. The Morgan fingerprint density at radius 3 is 2.42 bits per heavy atom. The quantitative estimate of drug-likeness (QED) is 0.718. The van der Waals surface area contributed by atoms with Crippen LogP contribution in [0.15, 0.2) is 42.5 Å². The summed E-state index contributed by atoms with van der Waals surface area (Å²) in [5, 5.41) is 24.8. The van der Waals surface area contributed by atoms with E-state index < -0.39 is 17.4 Å². The molecule has 0 bridgehead atoms. The van der Waals surface area contributed by atoms with Gasteiger partial charge in [0.05, 0.1) is 16.9 Å². The second kappa shape index (κ2) is 7.16. The molecule has 0 radical (unpaired) electrons. The van der Waals surface area contributed by atoms with Crippen LogP contribution in [0.5, 0.6) is 0 Å². The van der Waals surface area contributed by atoms with Crippen molar-refractivity contribution in [1.29, 1.82) is 5.26 Å². The standard InChI is InChI=1S/C19H16ClN3O3/c20-15-6-5-14(10-21)16(7-15)23-18(25)17(24)22-11-19(26)8-12-3-1-2-4-13(12)9-19/h1-7,26H,8-9,11H2,(H,22,24)(H,23,25). The molecule has 0 aliphatic heterocycles. The molecule has 1 aliphatic rings. The van der Waals surface area contributed by atoms with E-state index >= 15 is 0 Å². The first-order chi connectivity index (χ1) is 12.4. The lowest BCUT2D eigenvalue weighted by Crippen LogP contribution is -2.46. The number of carbonyl (C=O) groups excluding carboxylic acids is 2. The molecule has 1 aliphatic carbocycles. The van der Waals surface area contributed by atoms with Gasteiger partial charge in [0.15, 0.2) is 0 Å². The maximum atomic E-state index is 12.1. The summed E-state index contributed by atoms with van der Waals surface area (Å²) < 4.78 is 0. The van der Waals surface area contributed by atoms with Crippen molar-refractivity contribution in [3.63, 3.8) is 0 Å². The van der Waals surface area contributed by atoms with Gasteiger partial charge in [0.2, 0.25) is 0 Å². The number of halogens is 1. The number of nitrogens with zero attached hydrogens (tertiary/aromatic N) is 1. The topological polar surface area (TPSA) is 102 Å². The van der Waals surface area contributed by atoms with Crippen LogP contribution in [0.4, 0.5) is 5.69 Å². The van der Waals surface area contributed by atoms with Crippen LogP contribution in [0, 0.1) is 11.3 Å². The van der Waals surface area contributed by atoms with Gasteiger partial charge in [-0.1, -0.05) is 35.9 Å². The molecule has 0 aromatic heterocycles. The van der Waals surface area contributed by atoms with Gasteiger partial charge >= 0.3 is 11.8 Å². The van der Waals surface area contributed by atoms with Crippen LogP contribution in [0.1, 0.15) is 16.7 Å². The fourth-order valence-corrected chi connectivity index (χ4v) is 3.19. The molecule has 0 saturated heterocycles. The van der Waals surface area contributed by atoms with Crippen LogP contribution in [0.25, 0.3) is 0 Å². The first-order valence-corrected chi connectivity index (χ1v) is 8.36. The lowest BCUT2D eigenvalue weighted by atomic mass is 10.0.